The van der Waals surface area contributed by atoms with E-state index in [1.807, 2.05) is 13.8 Å². The van der Waals surface area contributed by atoms with Crippen molar-refractivity contribution in [3.05, 3.63) is 35.1 Å². The summed E-state index contributed by atoms with van der Waals surface area (Å²) in [7, 11) is 0. The van der Waals surface area contributed by atoms with Gasteiger partial charge in [-0.15, -0.1) is 0 Å². The third-order valence-electron chi connectivity index (χ3n) is 2.61. The second kappa shape index (κ2) is 8.66. The second-order valence-corrected chi connectivity index (χ2v) is 4.08. The molecule has 0 amide bonds. The van der Waals surface area contributed by atoms with Crippen LogP contribution in [0.5, 0.6) is 0 Å². The number of ether oxygens (including phenoxy) is 3. The van der Waals surface area contributed by atoms with Crippen LogP contribution in [0.15, 0.2) is 18.2 Å². The highest BCUT2D eigenvalue weighted by atomic mass is 19.1. The van der Waals surface area contributed by atoms with Crippen LogP contribution in [0.3, 0.4) is 0 Å². The molecule has 1 aromatic rings. The van der Waals surface area contributed by atoms with Crippen molar-refractivity contribution in [3.63, 3.8) is 0 Å². The summed E-state index contributed by atoms with van der Waals surface area (Å²) in [5.41, 5.74) is 0.901. The van der Waals surface area contributed by atoms with Gasteiger partial charge in [-0.1, -0.05) is 12.1 Å². The lowest BCUT2D eigenvalue weighted by Gasteiger charge is -2.18. The standard InChI is InChI=1S/C15H21FO4/c1-4-18-14(17)10-11-7-8-12(13(16)9-11)15(19-5-2)20-6-3/h7-9,15H,4-6,10H2,1-3H3. The lowest BCUT2D eigenvalue weighted by molar-refractivity contribution is -0.142. The van der Waals surface area contributed by atoms with Crippen LogP contribution in [-0.2, 0) is 25.4 Å². The molecule has 0 aliphatic rings. The highest BCUT2D eigenvalue weighted by Crippen LogP contribution is 2.23. The number of rotatable bonds is 8. The summed E-state index contributed by atoms with van der Waals surface area (Å²) in [5.74, 6) is -0.815. The molecule has 1 aromatic carbocycles. The number of hydrogen-bond donors (Lipinski definition) is 0. The smallest absolute Gasteiger partial charge is 0.310 e. The summed E-state index contributed by atoms with van der Waals surface area (Å²) in [6.45, 7) is 6.54. The Morgan fingerprint density at radius 2 is 1.80 bits per heavy atom. The Bertz CT molecular complexity index is 428. The largest absolute Gasteiger partial charge is 0.466 e. The number of carbonyl (C=O) groups is 1. The average Bonchev–Trinajstić information content (AvgIpc) is 2.39. The van der Waals surface area contributed by atoms with E-state index in [2.05, 4.69) is 0 Å². The third-order valence-corrected chi connectivity index (χ3v) is 2.61. The fourth-order valence-corrected chi connectivity index (χ4v) is 1.78. The van der Waals surface area contributed by atoms with Crippen LogP contribution in [0, 0.1) is 5.82 Å². The van der Waals surface area contributed by atoms with Crippen molar-refractivity contribution in [1.82, 2.24) is 0 Å². The topological polar surface area (TPSA) is 44.8 Å². The number of hydrogen-bond acceptors (Lipinski definition) is 4. The maximum atomic E-state index is 14.1. The summed E-state index contributed by atoms with van der Waals surface area (Å²) in [6, 6.07) is 4.58. The van der Waals surface area contributed by atoms with Crippen molar-refractivity contribution < 1.29 is 23.4 Å². The Morgan fingerprint density at radius 3 is 2.30 bits per heavy atom. The summed E-state index contributed by atoms with van der Waals surface area (Å²) >= 11 is 0. The zero-order chi connectivity index (χ0) is 15.0. The zero-order valence-electron chi connectivity index (χ0n) is 12.1. The molecule has 0 aliphatic heterocycles. The first kappa shape index (κ1) is 16.6. The number of halogens is 1. The van der Waals surface area contributed by atoms with Gasteiger partial charge in [0.2, 0.25) is 0 Å². The second-order valence-electron chi connectivity index (χ2n) is 4.08. The number of carbonyl (C=O) groups excluding carboxylic acids is 1. The Kier molecular flexibility index (Phi) is 7.18. The van der Waals surface area contributed by atoms with Crippen molar-refractivity contribution in [2.24, 2.45) is 0 Å². The molecule has 0 fully saturated rings. The molecule has 0 saturated heterocycles. The highest BCUT2D eigenvalue weighted by Gasteiger charge is 2.17. The summed E-state index contributed by atoms with van der Waals surface area (Å²) < 4.78 is 29.6. The van der Waals surface area contributed by atoms with Gasteiger partial charge in [-0.25, -0.2) is 4.39 Å². The molecule has 0 unspecified atom stereocenters. The van der Waals surface area contributed by atoms with Gasteiger partial charge in [0, 0.05) is 18.8 Å². The molecule has 5 heteroatoms. The van der Waals surface area contributed by atoms with Gasteiger partial charge in [0.15, 0.2) is 6.29 Å². The Labute approximate surface area is 118 Å². The third kappa shape index (κ3) is 4.90. The van der Waals surface area contributed by atoms with Gasteiger partial charge < -0.3 is 14.2 Å². The Morgan fingerprint density at radius 1 is 1.15 bits per heavy atom. The van der Waals surface area contributed by atoms with Crippen LogP contribution < -0.4 is 0 Å². The van der Waals surface area contributed by atoms with Crippen molar-refractivity contribution in [2.75, 3.05) is 19.8 Å². The van der Waals surface area contributed by atoms with Gasteiger partial charge in [0.1, 0.15) is 5.82 Å². The predicted molar refractivity (Wildman–Crippen MR) is 72.7 cm³/mol. The fraction of sp³-hybridized carbons (Fsp3) is 0.533. The van der Waals surface area contributed by atoms with Gasteiger partial charge in [-0.2, -0.15) is 0 Å². The normalized spacial score (nSPS) is 10.8. The monoisotopic (exact) mass is 284 g/mol. The van der Waals surface area contributed by atoms with E-state index < -0.39 is 12.1 Å². The summed E-state index contributed by atoms with van der Waals surface area (Å²) in [6.07, 6.45) is -0.666. The SMILES string of the molecule is CCOC(=O)Cc1ccc(C(OCC)OCC)c(F)c1. The van der Waals surface area contributed by atoms with E-state index in [-0.39, 0.29) is 12.4 Å². The Hall–Kier alpha value is -1.46. The van der Waals surface area contributed by atoms with Gasteiger partial charge in [0.25, 0.3) is 0 Å². The summed E-state index contributed by atoms with van der Waals surface area (Å²) in [5, 5.41) is 0. The first-order valence-electron chi connectivity index (χ1n) is 6.79. The van der Waals surface area contributed by atoms with Crippen molar-refractivity contribution in [2.45, 2.75) is 33.5 Å². The van der Waals surface area contributed by atoms with Crippen LogP contribution in [0.4, 0.5) is 4.39 Å². The quantitative estimate of drug-likeness (QED) is 0.544. The van der Waals surface area contributed by atoms with Crippen LogP contribution in [0.25, 0.3) is 0 Å². The van der Waals surface area contributed by atoms with Crippen LogP contribution in [0.1, 0.15) is 38.2 Å². The van der Waals surface area contributed by atoms with Crippen molar-refractivity contribution in [3.8, 4) is 0 Å². The van der Waals surface area contributed by atoms with Crippen molar-refractivity contribution in [1.29, 1.82) is 0 Å². The molecule has 0 heterocycles. The molecule has 20 heavy (non-hydrogen) atoms. The van der Waals surface area contributed by atoms with E-state index in [9.17, 15) is 9.18 Å². The molecule has 0 N–H and O–H groups in total. The van der Waals surface area contributed by atoms with E-state index in [1.54, 1.807) is 19.1 Å². The van der Waals surface area contributed by atoms with Crippen molar-refractivity contribution >= 4 is 5.97 Å². The lowest BCUT2D eigenvalue weighted by Crippen LogP contribution is -2.12. The molecule has 0 aromatic heterocycles. The van der Waals surface area contributed by atoms with E-state index in [4.69, 9.17) is 14.2 Å². The first-order chi connectivity index (χ1) is 9.62. The molecule has 1 rings (SSSR count). The minimum atomic E-state index is -0.721. The molecular formula is C15H21FO4. The van der Waals surface area contributed by atoms with Crippen LogP contribution in [0.2, 0.25) is 0 Å². The maximum Gasteiger partial charge on any atom is 0.310 e. The molecule has 0 saturated carbocycles. The number of benzene rings is 1. The minimum Gasteiger partial charge on any atom is -0.466 e. The van der Waals surface area contributed by atoms with Crippen LogP contribution in [-0.4, -0.2) is 25.8 Å². The fourth-order valence-electron chi connectivity index (χ4n) is 1.78. The molecule has 0 spiro atoms. The van der Waals surface area contributed by atoms with Gasteiger partial charge in [-0.3, -0.25) is 4.79 Å². The zero-order valence-corrected chi connectivity index (χ0v) is 12.1. The van der Waals surface area contributed by atoms with E-state index in [0.29, 0.717) is 30.9 Å². The predicted octanol–water partition coefficient (Wildman–Crippen LogP) is 3.00. The highest BCUT2D eigenvalue weighted by molar-refractivity contribution is 5.72. The van der Waals surface area contributed by atoms with E-state index >= 15 is 0 Å². The lowest BCUT2D eigenvalue weighted by atomic mass is 10.1. The van der Waals surface area contributed by atoms with Gasteiger partial charge >= 0.3 is 5.97 Å². The van der Waals surface area contributed by atoms with E-state index in [1.165, 1.54) is 6.07 Å². The molecule has 4 nitrogen and oxygen atoms in total. The first-order valence-corrected chi connectivity index (χ1v) is 6.79. The number of esters is 1. The van der Waals surface area contributed by atoms with Gasteiger partial charge in [-0.05, 0) is 32.4 Å². The molecule has 0 aliphatic carbocycles. The molecule has 0 bridgehead atoms. The van der Waals surface area contributed by atoms with E-state index in [0.717, 1.165) is 0 Å². The molecular weight excluding hydrogens is 263 g/mol. The molecule has 0 radical (unpaired) electrons. The molecule has 112 valence electrons. The minimum absolute atomic E-state index is 0.0545. The maximum absolute atomic E-state index is 14.1. The summed E-state index contributed by atoms with van der Waals surface area (Å²) in [4.78, 5) is 11.4. The van der Waals surface area contributed by atoms with Gasteiger partial charge in [0.05, 0.1) is 13.0 Å². The average molecular weight is 284 g/mol. The molecule has 0 atom stereocenters. The van der Waals surface area contributed by atoms with Crippen LogP contribution >= 0.6 is 0 Å². The Balaban J connectivity index is 2.83.